The minimum Gasteiger partial charge on any atom is -0.380 e. The van der Waals surface area contributed by atoms with Crippen molar-refractivity contribution in [1.29, 1.82) is 0 Å². The zero-order valence-electron chi connectivity index (χ0n) is 11.8. The highest BCUT2D eigenvalue weighted by molar-refractivity contribution is 5.52. The molecule has 1 aromatic carbocycles. The van der Waals surface area contributed by atoms with Gasteiger partial charge >= 0.3 is 0 Å². The lowest BCUT2D eigenvalue weighted by molar-refractivity contribution is 0.141. The molecule has 0 N–H and O–H groups in total. The largest absolute Gasteiger partial charge is 0.380 e. The van der Waals surface area contributed by atoms with Crippen molar-refractivity contribution in [1.82, 2.24) is 0 Å². The zero-order chi connectivity index (χ0) is 13.2. The molecule has 3 heteroatoms. The van der Waals surface area contributed by atoms with Crippen LogP contribution in [0.5, 0.6) is 0 Å². The van der Waals surface area contributed by atoms with Gasteiger partial charge in [-0.25, -0.2) is 0 Å². The van der Waals surface area contributed by atoms with E-state index in [1.165, 1.54) is 11.3 Å². The van der Waals surface area contributed by atoms with E-state index in [4.69, 9.17) is 9.47 Å². The highest BCUT2D eigenvalue weighted by atomic mass is 16.5. The lowest BCUT2D eigenvalue weighted by Crippen LogP contribution is -2.31. The lowest BCUT2D eigenvalue weighted by Gasteiger charge is -2.26. The summed E-state index contributed by atoms with van der Waals surface area (Å²) < 4.78 is 10.9. The van der Waals surface area contributed by atoms with E-state index in [0.717, 1.165) is 39.5 Å². The van der Waals surface area contributed by atoms with Crippen LogP contribution in [0.3, 0.4) is 0 Å². The Morgan fingerprint density at radius 3 is 2.00 bits per heavy atom. The molecule has 0 aliphatic carbocycles. The maximum Gasteiger partial charge on any atom is 0.0641 e. The minimum absolute atomic E-state index is 0.761. The van der Waals surface area contributed by atoms with Crippen molar-refractivity contribution in [2.24, 2.45) is 0 Å². The fraction of sp³-hybridized carbons (Fsp3) is 0.600. The fourth-order valence-electron chi connectivity index (χ4n) is 1.91. The van der Waals surface area contributed by atoms with Crippen LogP contribution in [-0.2, 0) is 9.47 Å². The highest BCUT2D eigenvalue weighted by Crippen LogP contribution is 2.18. The number of hydrogen-bond acceptors (Lipinski definition) is 3. The van der Waals surface area contributed by atoms with Gasteiger partial charge in [-0.1, -0.05) is 18.2 Å². The average Bonchev–Trinajstić information content (AvgIpc) is 2.38. The predicted octanol–water partition coefficient (Wildman–Crippen LogP) is 2.87. The first-order valence-electron chi connectivity index (χ1n) is 6.75. The van der Waals surface area contributed by atoms with Gasteiger partial charge in [-0.3, -0.25) is 0 Å². The van der Waals surface area contributed by atoms with E-state index in [0.29, 0.717) is 0 Å². The number of nitrogens with zero attached hydrogens (tertiary/aromatic N) is 1. The van der Waals surface area contributed by atoms with Gasteiger partial charge in [0.1, 0.15) is 0 Å². The quantitative estimate of drug-likeness (QED) is 0.630. The molecule has 3 nitrogen and oxygen atoms in total. The molecule has 0 atom stereocenters. The summed E-state index contributed by atoms with van der Waals surface area (Å²) in [5.41, 5.74) is 2.57. The summed E-state index contributed by atoms with van der Waals surface area (Å²) in [4.78, 5) is 2.33. The Kier molecular flexibility index (Phi) is 7.46. The van der Waals surface area contributed by atoms with Crippen molar-refractivity contribution in [2.75, 3.05) is 44.4 Å². The monoisotopic (exact) mass is 251 g/mol. The van der Waals surface area contributed by atoms with E-state index in [1.54, 1.807) is 0 Å². The van der Waals surface area contributed by atoms with Crippen molar-refractivity contribution < 1.29 is 9.47 Å². The maximum absolute atomic E-state index is 5.45. The molecule has 0 aromatic heterocycles. The Labute approximate surface area is 111 Å². The predicted molar refractivity (Wildman–Crippen MR) is 76.4 cm³/mol. The van der Waals surface area contributed by atoms with Crippen LogP contribution in [-0.4, -0.2) is 39.5 Å². The first-order valence-corrected chi connectivity index (χ1v) is 6.75. The number of aryl methyl sites for hydroxylation is 1. The lowest BCUT2D eigenvalue weighted by atomic mass is 10.2. The fourth-order valence-corrected chi connectivity index (χ4v) is 1.91. The van der Waals surface area contributed by atoms with Gasteiger partial charge < -0.3 is 14.4 Å². The standard InChI is InChI=1S/C15H25NO2/c1-4-17-12-10-16(11-13-18-5-2)15-9-7-6-8-14(15)3/h6-9H,4-5,10-13H2,1-3H3. The molecule has 0 saturated heterocycles. The summed E-state index contributed by atoms with van der Waals surface area (Å²) in [5.74, 6) is 0. The second-order valence-electron chi connectivity index (χ2n) is 4.17. The van der Waals surface area contributed by atoms with Crippen molar-refractivity contribution in [3.8, 4) is 0 Å². The van der Waals surface area contributed by atoms with Crippen molar-refractivity contribution in [3.63, 3.8) is 0 Å². The molecule has 0 aliphatic rings. The van der Waals surface area contributed by atoms with Crippen molar-refractivity contribution in [2.45, 2.75) is 20.8 Å². The molecule has 0 spiro atoms. The van der Waals surface area contributed by atoms with Crippen LogP contribution in [0.2, 0.25) is 0 Å². The highest BCUT2D eigenvalue weighted by Gasteiger charge is 2.08. The number of anilines is 1. The topological polar surface area (TPSA) is 21.7 Å². The van der Waals surface area contributed by atoms with Crippen LogP contribution >= 0.6 is 0 Å². The Balaban J connectivity index is 2.60. The number of rotatable bonds is 9. The average molecular weight is 251 g/mol. The normalized spacial score (nSPS) is 10.6. The van der Waals surface area contributed by atoms with Gasteiger partial charge in [0.25, 0.3) is 0 Å². The van der Waals surface area contributed by atoms with Crippen LogP contribution in [0.1, 0.15) is 19.4 Å². The number of hydrogen-bond donors (Lipinski definition) is 0. The summed E-state index contributed by atoms with van der Waals surface area (Å²) in [6.45, 7) is 11.1. The molecule has 0 heterocycles. The summed E-state index contributed by atoms with van der Waals surface area (Å²) in [6, 6.07) is 8.45. The molecule has 0 aliphatic heterocycles. The Morgan fingerprint density at radius 2 is 1.50 bits per heavy atom. The second kappa shape index (κ2) is 8.95. The molecule has 1 rings (SSSR count). The van der Waals surface area contributed by atoms with Crippen molar-refractivity contribution in [3.05, 3.63) is 29.8 Å². The van der Waals surface area contributed by atoms with Crippen LogP contribution in [0.15, 0.2) is 24.3 Å². The second-order valence-corrected chi connectivity index (χ2v) is 4.17. The zero-order valence-corrected chi connectivity index (χ0v) is 11.8. The van der Waals surface area contributed by atoms with Crippen molar-refractivity contribution >= 4 is 5.69 Å². The molecule has 0 bridgehead atoms. The van der Waals surface area contributed by atoms with E-state index in [9.17, 15) is 0 Å². The van der Waals surface area contributed by atoms with Gasteiger partial charge in [0.05, 0.1) is 13.2 Å². The summed E-state index contributed by atoms with van der Waals surface area (Å²) in [5, 5.41) is 0. The number of benzene rings is 1. The summed E-state index contributed by atoms with van der Waals surface area (Å²) in [6.07, 6.45) is 0. The van der Waals surface area contributed by atoms with Gasteiger partial charge in [0, 0.05) is 32.0 Å². The molecule has 0 unspecified atom stereocenters. The van der Waals surface area contributed by atoms with E-state index in [2.05, 4.69) is 36.1 Å². The van der Waals surface area contributed by atoms with Gasteiger partial charge in [-0.05, 0) is 32.4 Å². The van der Waals surface area contributed by atoms with E-state index in [-0.39, 0.29) is 0 Å². The third-order valence-corrected chi connectivity index (χ3v) is 2.88. The summed E-state index contributed by atoms with van der Waals surface area (Å²) in [7, 11) is 0. The van der Waals surface area contributed by atoms with Gasteiger partial charge in [0.15, 0.2) is 0 Å². The van der Waals surface area contributed by atoms with Gasteiger partial charge in [-0.15, -0.1) is 0 Å². The molecule has 0 amide bonds. The van der Waals surface area contributed by atoms with Crippen LogP contribution in [0.25, 0.3) is 0 Å². The van der Waals surface area contributed by atoms with Crippen LogP contribution in [0, 0.1) is 6.92 Å². The number of ether oxygens (including phenoxy) is 2. The molecular weight excluding hydrogens is 226 g/mol. The third kappa shape index (κ3) is 5.07. The Morgan fingerprint density at radius 1 is 0.944 bits per heavy atom. The molecule has 1 aromatic rings. The van der Waals surface area contributed by atoms with E-state index < -0.39 is 0 Å². The Bertz CT molecular complexity index is 318. The molecule has 0 fully saturated rings. The van der Waals surface area contributed by atoms with Crippen LogP contribution < -0.4 is 4.90 Å². The molecule has 18 heavy (non-hydrogen) atoms. The molecule has 0 saturated carbocycles. The third-order valence-electron chi connectivity index (χ3n) is 2.88. The Hall–Kier alpha value is -1.06. The first kappa shape index (κ1) is 15.0. The minimum atomic E-state index is 0.761. The molecule has 102 valence electrons. The van der Waals surface area contributed by atoms with E-state index >= 15 is 0 Å². The smallest absolute Gasteiger partial charge is 0.0641 e. The maximum atomic E-state index is 5.45. The van der Waals surface area contributed by atoms with Gasteiger partial charge in [0.2, 0.25) is 0 Å². The van der Waals surface area contributed by atoms with E-state index in [1.807, 2.05) is 13.8 Å². The SMILES string of the molecule is CCOCCN(CCOCC)c1ccccc1C. The van der Waals surface area contributed by atoms with Crippen LogP contribution in [0.4, 0.5) is 5.69 Å². The number of para-hydroxylation sites is 1. The summed E-state index contributed by atoms with van der Waals surface area (Å²) >= 11 is 0. The molecule has 0 radical (unpaired) electrons. The van der Waals surface area contributed by atoms with Gasteiger partial charge in [-0.2, -0.15) is 0 Å². The first-order chi connectivity index (χ1) is 8.79. The molecular formula is C15H25NO2.